The average molecular weight is 511 g/mol. The number of Topliss-reactive ketones (excluding diaryl/α,β-unsaturated/α-hetero) is 1. The Balaban J connectivity index is 2.00. The average Bonchev–Trinajstić information content (AvgIpc) is 2.81. The molecule has 186 valence electrons. The second-order valence-corrected chi connectivity index (χ2v) is 7.82. The number of nitrogen functional groups attached to an aromatic ring is 1. The Morgan fingerprint density at radius 2 is 1.54 bits per heavy atom. The minimum atomic E-state index is -5.31. The highest BCUT2D eigenvalue weighted by atomic mass is 32.2. The van der Waals surface area contributed by atoms with E-state index in [9.17, 15) is 32.3 Å². The Morgan fingerprint density at radius 3 is 2.06 bits per heavy atom. The lowest BCUT2D eigenvalue weighted by molar-refractivity contribution is -0.202. The van der Waals surface area contributed by atoms with Gasteiger partial charge in [-0.05, 0) is 42.7 Å². The van der Waals surface area contributed by atoms with Crippen molar-refractivity contribution in [3.8, 4) is 5.75 Å². The van der Waals surface area contributed by atoms with Gasteiger partial charge in [0.25, 0.3) is 5.91 Å². The van der Waals surface area contributed by atoms with Crippen LogP contribution in [0, 0.1) is 5.41 Å². The normalized spacial score (nSPS) is 11.8. The van der Waals surface area contributed by atoms with E-state index in [0.717, 1.165) is 0 Å². The number of amidine groups is 1. The number of nitrogens with one attached hydrogen (secondary N) is 2. The molecule has 0 saturated carbocycles. The summed E-state index contributed by atoms with van der Waals surface area (Å²) >= 11 is 1.33. The highest BCUT2D eigenvalue weighted by Gasteiger charge is 2.42. The summed E-state index contributed by atoms with van der Waals surface area (Å²) in [5.74, 6) is -4.93. The Kier molecular flexibility index (Phi) is 9.40. The van der Waals surface area contributed by atoms with Crippen molar-refractivity contribution in [2.75, 3.05) is 18.6 Å². The molecule has 1 amide bonds. The Morgan fingerprint density at radius 1 is 1.00 bits per heavy atom. The standard InChI is InChI=1S/C22H20F3N3O6S/c1-35-11-16(28-20(31)14-4-2-13(3-5-14)19(26)27)18(30)12-6-8-15(9-7-12)33-10-17(29)34-21(32)22(23,24)25/h2-9,16H,10-11H2,1H3,(H3,26,27)(H,28,31). The first-order valence-electron chi connectivity index (χ1n) is 9.75. The maximum Gasteiger partial charge on any atom is 0.491 e. The van der Waals surface area contributed by atoms with Crippen LogP contribution < -0.4 is 15.8 Å². The van der Waals surface area contributed by atoms with Crippen molar-refractivity contribution in [3.63, 3.8) is 0 Å². The lowest BCUT2D eigenvalue weighted by Gasteiger charge is -2.17. The van der Waals surface area contributed by atoms with Crippen LogP contribution in [-0.2, 0) is 14.3 Å². The van der Waals surface area contributed by atoms with Gasteiger partial charge in [0.1, 0.15) is 17.6 Å². The number of hydrogen-bond donors (Lipinski definition) is 3. The molecule has 0 radical (unpaired) electrons. The number of benzene rings is 2. The predicted molar refractivity (Wildman–Crippen MR) is 121 cm³/mol. The molecule has 1 unspecified atom stereocenters. The first kappa shape index (κ1) is 27.4. The monoisotopic (exact) mass is 511 g/mol. The summed E-state index contributed by atoms with van der Waals surface area (Å²) in [4.78, 5) is 47.4. The van der Waals surface area contributed by atoms with E-state index in [2.05, 4.69) is 10.1 Å². The molecule has 0 aliphatic rings. The molecular formula is C22H20F3N3O6S. The van der Waals surface area contributed by atoms with Crippen LogP contribution in [0.25, 0.3) is 0 Å². The topological polar surface area (TPSA) is 149 Å². The van der Waals surface area contributed by atoms with Crippen LogP contribution in [0.2, 0.25) is 0 Å². The molecule has 0 aliphatic heterocycles. The smallest absolute Gasteiger partial charge is 0.482 e. The molecule has 13 heteroatoms. The first-order chi connectivity index (χ1) is 16.4. The zero-order chi connectivity index (χ0) is 26.2. The number of nitrogens with two attached hydrogens (primary N) is 1. The van der Waals surface area contributed by atoms with Gasteiger partial charge in [-0.25, -0.2) is 9.59 Å². The number of ketones is 1. The molecule has 35 heavy (non-hydrogen) atoms. The number of thioether (sulfide) groups is 1. The van der Waals surface area contributed by atoms with Crippen molar-refractivity contribution in [1.82, 2.24) is 5.32 Å². The number of halogens is 3. The maximum atomic E-state index is 12.9. The van der Waals surface area contributed by atoms with Gasteiger partial charge < -0.3 is 20.5 Å². The summed E-state index contributed by atoms with van der Waals surface area (Å²) in [5, 5.41) is 10.0. The Labute approximate surface area is 201 Å². The molecule has 0 fully saturated rings. The minimum absolute atomic E-state index is 0.0361. The maximum absolute atomic E-state index is 12.9. The number of amides is 1. The van der Waals surface area contributed by atoms with Crippen LogP contribution >= 0.6 is 11.8 Å². The van der Waals surface area contributed by atoms with Gasteiger partial charge in [-0.3, -0.25) is 15.0 Å². The predicted octanol–water partition coefficient (Wildman–Crippen LogP) is 2.33. The summed E-state index contributed by atoms with van der Waals surface area (Å²) < 4.78 is 44.9. The van der Waals surface area contributed by atoms with Crippen molar-refractivity contribution in [2.45, 2.75) is 12.2 Å². The zero-order valence-corrected chi connectivity index (χ0v) is 19.0. The molecule has 2 rings (SSSR count). The molecular weight excluding hydrogens is 491 g/mol. The number of alkyl halides is 3. The van der Waals surface area contributed by atoms with E-state index < -0.39 is 42.5 Å². The third-order valence-electron chi connectivity index (χ3n) is 4.35. The summed E-state index contributed by atoms with van der Waals surface area (Å²) in [6, 6.07) is 10.4. The van der Waals surface area contributed by atoms with E-state index in [4.69, 9.17) is 15.9 Å². The molecule has 2 aromatic rings. The molecule has 0 bridgehead atoms. The first-order valence-corrected chi connectivity index (χ1v) is 11.1. The van der Waals surface area contributed by atoms with Crippen LogP contribution in [0.1, 0.15) is 26.3 Å². The van der Waals surface area contributed by atoms with Gasteiger partial charge in [-0.1, -0.05) is 12.1 Å². The fraction of sp³-hybridized carbons (Fsp3) is 0.227. The molecule has 0 aromatic heterocycles. The number of carbonyl (C=O) groups excluding carboxylic acids is 4. The summed E-state index contributed by atoms with van der Waals surface area (Å²) in [7, 11) is 0. The molecule has 4 N–H and O–H groups in total. The van der Waals surface area contributed by atoms with Crippen LogP contribution in [-0.4, -0.2) is 60.3 Å². The quantitative estimate of drug-likeness (QED) is 0.145. The highest BCUT2D eigenvalue weighted by Crippen LogP contribution is 2.18. The van der Waals surface area contributed by atoms with Gasteiger partial charge in [0.05, 0.1) is 0 Å². The molecule has 0 heterocycles. The van der Waals surface area contributed by atoms with E-state index in [1.165, 1.54) is 60.3 Å². The third-order valence-corrected chi connectivity index (χ3v) is 5.01. The lowest BCUT2D eigenvalue weighted by Crippen LogP contribution is -2.42. The van der Waals surface area contributed by atoms with Crippen molar-refractivity contribution in [1.29, 1.82) is 5.41 Å². The number of rotatable bonds is 10. The number of esters is 2. The van der Waals surface area contributed by atoms with E-state index in [0.29, 0.717) is 5.56 Å². The summed E-state index contributed by atoms with van der Waals surface area (Å²) in [5.41, 5.74) is 6.32. The second kappa shape index (κ2) is 12.0. The SMILES string of the molecule is CSCC(NC(=O)c1ccc(C(=N)N)cc1)C(=O)c1ccc(OCC(=O)OC(=O)C(F)(F)F)cc1. The van der Waals surface area contributed by atoms with Crippen LogP contribution in [0.5, 0.6) is 5.75 Å². The van der Waals surface area contributed by atoms with E-state index in [-0.39, 0.29) is 28.5 Å². The fourth-order valence-electron chi connectivity index (χ4n) is 2.64. The van der Waals surface area contributed by atoms with Crippen LogP contribution in [0.15, 0.2) is 48.5 Å². The highest BCUT2D eigenvalue weighted by molar-refractivity contribution is 7.98. The molecule has 9 nitrogen and oxygen atoms in total. The number of carbonyl (C=O) groups is 4. The Bertz CT molecular complexity index is 1100. The Hall–Kier alpha value is -3.87. The van der Waals surface area contributed by atoms with Gasteiger partial charge >= 0.3 is 18.1 Å². The van der Waals surface area contributed by atoms with Crippen molar-refractivity contribution >= 4 is 41.2 Å². The summed E-state index contributed by atoms with van der Waals surface area (Å²) in [6.07, 6.45) is -3.55. The van der Waals surface area contributed by atoms with Crippen LogP contribution in [0.4, 0.5) is 13.2 Å². The van der Waals surface area contributed by atoms with Crippen molar-refractivity contribution < 1.29 is 41.8 Å². The van der Waals surface area contributed by atoms with E-state index in [1.54, 1.807) is 6.26 Å². The van der Waals surface area contributed by atoms with Crippen molar-refractivity contribution in [3.05, 3.63) is 65.2 Å². The third kappa shape index (κ3) is 8.14. The number of ether oxygens (including phenoxy) is 2. The lowest BCUT2D eigenvalue weighted by atomic mass is 10.0. The van der Waals surface area contributed by atoms with Gasteiger partial charge in [0.15, 0.2) is 12.4 Å². The number of hydrogen-bond acceptors (Lipinski definition) is 8. The molecule has 1 atom stereocenters. The molecule has 0 spiro atoms. The summed E-state index contributed by atoms with van der Waals surface area (Å²) in [6.45, 7) is -0.956. The van der Waals surface area contributed by atoms with Crippen LogP contribution in [0.3, 0.4) is 0 Å². The molecule has 2 aromatic carbocycles. The van der Waals surface area contributed by atoms with E-state index >= 15 is 0 Å². The fourth-order valence-corrected chi connectivity index (χ4v) is 3.21. The molecule has 0 saturated heterocycles. The van der Waals surface area contributed by atoms with Gasteiger partial charge in [0, 0.05) is 22.4 Å². The van der Waals surface area contributed by atoms with Gasteiger partial charge in [0.2, 0.25) is 0 Å². The van der Waals surface area contributed by atoms with Gasteiger partial charge in [-0.2, -0.15) is 24.9 Å². The van der Waals surface area contributed by atoms with Gasteiger partial charge in [-0.15, -0.1) is 0 Å². The van der Waals surface area contributed by atoms with Crippen molar-refractivity contribution in [2.24, 2.45) is 5.73 Å². The minimum Gasteiger partial charge on any atom is -0.482 e. The second-order valence-electron chi connectivity index (χ2n) is 6.91. The molecule has 0 aliphatic carbocycles. The largest absolute Gasteiger partial charge is 0.491 e. The van der Waals surface area contributed by atoms with E-state index in [1.807, 2.05) is 0 Å². The zero-order valence-electron chi connectivity index (χ0n) is 18.2.